The maximum atomic E-state index is 12.4. The Morgan fingerprint density at radius 3 is 2.37 bits per heavy atom. The van der Waals surface area contributed by atoms with E-state index in [1.165, 1.54) is 0 Å². The highest BCUT2D eigenvalue weighted by Crippen LogP contribution is 2.28. The van der Waals surface area contributed by atoms with Crippen LogP contribution < -0.4 is 10.1 Å². The van der Waals surface area contributed by atoms with Crippen LogP contribution in [0.3, 0.4) is 0 Å². The Labute approximate surface area is 172 Å². The largest absolute Gasteiger partial charge is 0.487 e. The minimum absolute atomic E-state index is 0.160. The van der Waals surface area contributed by atoms with Gasteiger partial charge in [-0.2, -0.15) is 0 Å². The lowest BCUT2D eigenvalue weighted by Crippen LogP contribution is -2.22. The van der Waals surface area contributed by atoms with Gasteiger partial charge in [0.15, 0.2) is 0 Å². The van der Waals surface area contributed by atoms with E-state index in [1.807, 2.05) is 24.3 Å². The lowest BCUT2D eigenvalue weighted by Gasteiger charge is -2.10. The van der Waals surface area contributed by atoms with Crippen LogP contribution in [0.5, 0.6) is 5.75 Å². The molecule has 3 nitrogen and oxygen atoms in total. The minimum Gasteiger partial charge on any atom is -0.487 e. The number of amides is 1. The summed E-state index contributed by atoms with van der Waals surface area (Å²) in [5.74, 6) is 0.342. The van der Waals surface area contributed by atoms with Gasteiger partial charge in [0.05, 0.1) is 5.02 Å². The fourth-order valence-electron chi connectivity index (χ4n) is 2.44. The van der Waals surface area contributed by atoms with E-state index >= 15 is 0 Å². The molecule has 1 amide bonds. The van der Waals surface area contributed by atoms with Gasteiger partial charge in [-0.05, 0) is 47.5 Å². The third kappa shape index (κ3) is 5.64. The molecule has 3 aromatic rings. The molecule has 0 spiro atoms. The molecule has 0 bridgehead atoms. The number of carbonyl (C=O) groups excluding carboxylic acids is 1. The molecule has 0 aliphatic rings. The highest BCUT2D eigenvalue weighted by atomic mass is 35.5. The zero-order valence-corrected chi connectivity index (χ0v) is 16.5. The zero-order valence-electron chi connectivity index (χ0n) is 14.2. The molecule has 0 aliphatic carbocycles. The second kappa shape index (κ2) is 9.14. The average Bonchev–Trinajstić information content (AvgIpc) is 2.68. The van der Waals surface area contributed by atoms with Crippen LogP contribution in [0, 0.1) is 0 Å². The molecular formula is C21H16Cl3NO2. The van der Waals surface area contributed by atoms with E-state index < -0.39 is 0 Å². The third-order valence-electron chi connectivity index (χ3n) is 3.84. The number of nitrogens with one attached hydrogen (secondary N) is 1. The fraction of sp³-hybridized carbons (Fsp3) is 0.0952. The van der Waals surface area contributed by atoms with E-state index in [2.05, 4.69) is 5.32 Å². The lowest BCUT2D eigenvalue weighted by atomic mass is 10.1. The SMILES string of the molecule is O=C(NCc1ccc(Cl)cc1)c1cccc(COc2cc(Cl)ccc2Cl)c1. The van der Waals surface area contributed by atoms with Crippen LogP contribution >= 0.6 is 34.8 Å². The van der Waals surface area contributed by atoms with Crippen LogP contribution in [-0.4, -0.2) is 5.91 Å². The lowest BCUT2D eigenvalue weighted by molar-refractivity contribution is 0.0950. The summed E-state index contributed by atoms with van der Waals surface area (Å²) >= 11 is 17.9. The molecule has 0 heterocycles. The van der Waals surface area contributed by atoms with Crippen LogP contribution in [-0.2, 0) is 13.2 Å². The molecule has 0 aromatic heterocycles. The number of rotatable bonds is 6. The predicted molar refractivity (Wildman–Crippen MR) is 110 cm³/mol. The standard InChI is InChI=1S/C21H16Cl3NO2/c22-17-6-4-14(5-7-17)12-25-21(26)16-3-1-2-15(10-16)13-27-20-11-18(23)8-9-19(20)24/h1-11H,12-13H2,(H,25,26). The predicted octanol–water partition coefficient (Wildman–Crippen LogP) is 6.16. The van der Waals surface area contributed by atoms with E-state index in [0.717, 1.165) is 11.1 Å². The molecule has 0 aliphatic heterocycles. The monoisotopic (exact) mass is 419 g/mol. The van der Waals surface area contributed by atoms with Gasteiger partial charge in [0.1, 0.15) is 12.4 Å². The van der Waals surface area contributed by atoms with Gasteiger partial charge in [-0.3, -0.25) is 4.79 Å². The summed E-state index contributed by atoms with van der Waals surface area (Å²) < 4.78 is 5.72. The minimum atomic E-state index is -0.160. The van der Waals surface area contributed by atoms with Gasteiger partial charge in [0, 0.05) is 28.2 Å². The topological polar surface area (TPSA) is 38.3 Å². The Hall–Kier alpha value is -2.20. The van der Waals surface area contributed by atoms with Crippen LogP contribution in [0.25, 0.3) is 0 Å². The third-order valence-corrected chi connectivity index (χ3v) is 4.64. The van der Waals surface area contributed by atoms with Crippen molar-refractivity contribution in [3.63, 3.8) is 0 Å². The van der Waals surface area contributed by atoms with Crippen molar-refractivity contribution in [2.24, 2.45) is 0 Å². The molecule has 0 atom stereocenters. The van der Waals surface area contributed by atoms with E-state index in [1.54, 1.807) is 42.5 Å². The summed E-state index contributed by atoms with van der Waals surface area (Å²) in [5.41, 5.74) is 2.38. The Morgan fingerprint density at radius 1 is 0.852 bits per heavy atom. The van der Waals surface area contributed by atoms with Crippen LogP contribution in [0.1, 0.15) is 21.5 Å². The zero-order chi connectivity index (χ0) is 19.2. The summed E-state index contributed by atoms with van der Waals surface area (Å²) in [7, 11) is 0. The van der Waals surface area contributed by atoms with Crippen molar-refractivity contribution in [2.75, 3.05) is 0 Å². The molecule has 27 heavy (non-hydrogen) atoms. The average molecular weight is 421 g/mol. The van der Waals surface area contributed by atoms with Crippen LogP contribution in [0.2, 0.25) is 15.1 Å². The van der Waals surface area contributed by atoms with Crippen molar-refractivity contribution in [2.45, 2.75) is 13.2 Å². The first kappa shape index (κ1) is 19.6. The van der Waals surface area contributed by atoms with Crippen LogP contribution in [0.4, 0.5) is 0 Å². The number of ether oxygens (including phenoxy) is 1. The summed E-state index contributed by atoms with van der Waals surface area (Å²) in [4.78, 5) is 12.4. The molecule has 3 rings (SSSR count). The first-order chi connectivity index (χ1) is 13.0. The quantitative estimate of drug-likeness (QED) is 0.519. The molecule has 138 valence electrons. The Bertz CT molecular complexity index is 942. The highest BCUT2D eigenvalue weighted by Gasteiger charge is 2.08. The van der Waals surface area contributed by atoms with E-state index in [-0.39, 0.29) is 12.5 Å². The van der Waals surface area contributed by atoms with Crippen LogP contribution in [0.15, 0.2) is 66.7 Å². The molecule has 0 fully saturated rings. The van der Waals surface area contributed by atoms with Gasteiger partial charge in [0.25, 0.3) is 5.91 Å². The number of hydrogen-bond donors (Lipinski definition) is 1. The Balaban J connectivity index is 1.61. The first-order valence-electron chi connectivity index (χ1n) is 8.21. The van der Waals surface area contributed by atoms with Gasteiger partial charge in [-0.1, -0.05) is 59.1 Å². The van der Waals surface area contributed by atoms with Gasteiger partial charge < -0.3 is 10.1 Å². The number of halogens is 3. The summed E-state index contributed by atoms with van der Waals surface area (Å²) in [6.45, 7) is 0.702. The highest BCUT2D eigenvalue weighted by molar-refractivity contribution is 6.34. The summed E-state index contributed by atoms with van der Waals surface area (Å²) in [6.07, 6.45) is 0. The van der Waals surface area contributed by atoms with Crippen molar-refractivity contribution < 1.29 is 9.53 Å². The maximum absolute atomic E-state index is 12.4. The van der Waals surface area contributed by atoms with Crippen molar-refractivity contribution in [3.8, 4) is 5.75 Å². The molecular weight excluding hydrogens is 405 g/mol. The van der Waals surface area contributed by atoms with Gasteiger partial charge in [-0.25, -0.2) is 0 Å². The molecule has 1 N–H and O–H groups in total. The summed E-state index contributed by atoms with van der Waals surface area (Å²) in [5, 5.41) is 4.58. The number of benzene rings is 3. The van der Waals surface area contributed by atoms with Crippen molar-refractivity contribution in [1.82, 2.24) is 5.32 Å². The van der Waals surface area contributed by atoms with Gasteiger partial charge >= 0.3 is 0 Å². The first-order valence-corrected chi connectivity index (χ1v) is 9.34. The Kier molecular flexibility index (Phi) is 6.62. The van der Waals surface area contributed by atoms with Crippen molar-refractivity contribution in [3.05, 3.63) is 98.5 Å². The number of carbonyl (C=O) groups is 1. The van der Waals surface area contributed by atoms with Crippen molar-refractivity contribution in [1.29, 1.82) is 0 Å². The summed E-state index contributed by atoms with van der Waals surface area (Å²) in [6, 6.07) is 19.6. The molecule has 3 aromatic carbocycles. The molecule has 0 saturated carbocycles. The smallest absolute Gasteiger partial charge is 0.251 e. The van der Waals surface area contributed by atoms with Crippen molar-refractivity contribution >= 4 is 40.7 Å². The van der Waals surface area contributed by atoms with E-state index in [4.69, 9.17) is 39.5 Å². The molecule has 6 heteroatoms. The molecule has 0 radical (unpaired) electrons. The molecule has 0 saturated heterocycles. The van der Waals surface area contributed by atoms with E-state index in [9.17, 15) is 4.79 Å². The maximum Gasteiger partial charge on any atom is 0.251 e. The fourth-order valence-corrected chi connectivity index (χ4v) is 2.90. The van der Waals surface area contributed by atoms with E-state index in [0.29, 0.717) is 32.9 Å². The second-order valence-electron chi connectivity index (χ2n) is 5.87. The van der Waals surface area contributed by atoms with Gasteiger partial charge in [0.2, 0.25) is 0 Å². The second-order valence-corrected chi connectivity index (χ2v) is 7.15. The van der Waals surface area contributed by atoms with Gasteiger partial charge in [-0.15, -0.1) is 0 Å². The molecule has 0 unspecified atom stereocenters. The normalized spacial score (nSPS) is 10.5. The Morgan fingerprint density at radius 2 is 1.59 bits per heavy atom. The number of hydrogen-bond acceptors (Lipinski definition) is 2.